The second kappa shape index (κ2) is 3.36. The number of aromatic nitrogens is 1. The predicted octanol–water partition coefficient (Wildman–Crippen LogP) is 1.22. The van der Waals surface area contributed by atoms with Gasteiger partial charge in [-0.25, -0.2) is 0 Å². The first-order valence-electron chi connectivity index (χ1n) is 4.44. The van der Waals surface area contributed by atoms with E-state index in [1.807, 2.05) is 19.1 Å². The van der Waals surface area contributed by atoms with Gasteiger partial charge in [-0.3, -0.25) is 4.79 Å². The van der Waals surface area contributed by atoms with Gasteiger partial charge < -0.3 is 15.4 Å². The molecular weight excluding hydrogens is 196 g/mol. The molecular formula is C10H10N2O3. The van der Waals surface area contributed by atoms with Crippen LogP contribution in [0.25, 0.3) is 11.0 Å². The molecule has 1 aromatic carbocycles. The van der Waals surface area contributed by atoms with E-state index in [1.54, 1.807) is 6.07 Å². The van der Waals surface area contributed by atoms with Gasteiger partial charge in [0.25, 0.3) is 0 Å². The van der Waals surface area contributed by atoms with Gasteiger partial charge in [-0.15, -0.1) is 0 Å². The summed E-state index contributed by atoms with van der Waals surface area (Å²) in [5.41, 5.74) is 7.29. The number of benzene rings is 1. The molecule has 1 heterocycles. The molecule has 0 aliphatic heterocycles. The Labute approximate surface area is 85.5 Å². The molecule has 0 saturated carbocycles. The van der Waals surface area contributed by atoms with Gasteiger partial charge in [0.15, 0.2) is 11.6 Å². The van der Waals surface area contributed by atoms with Gasteiger partial charge in [-0.05, 0) is 19.1 Å². The van der Waals surface area contributed by atoms with Crippen molar-refractivity contribution in [3.8, 4) is 0 Å². The smallest absolute Gasteiger partial charge is 0.326 e. The van der Waals surface area contributed by atoms with Crippen molar-refractivity contribution in [2.24, 2.45) is 5.73 Å². The first-order chi connectivity index (χ1) is 7.09. The van der Waals surface area contributed by atoms with Crippen molar-refractivity contribution in [2.45, 2.75) is 13.0 Å². The van der Waals surface area contributed by atoms with Crippen molar-refractivity contribution in [2.75, 3.05) is 0 Å². The summed E-state index contributed by atoms with van der Waals surface area (Å²) in [5.74, 6) is -1.12. The van der Waals surface area contributed by atoms with E-state index in [4.69, 9.17) is 15.4 Å². The summed E-state index contributed by atoms with van der Waals surface area (Å²) in [7, 11) is 0. The Morgan fingerprint density at radius 1 is 1.60 bits per heavy atom. The monoisotopic (exact) mass is 206 g/mol. The maximum atomic E-state index is 10.7. The Morgan fingerprint density at radius 2 is 2.33 bits per heavy atom. The maximum Gasteiger partial charge on any atom is 0.326 e. The number of aliphatic carboxylic acids is 1. The van der Waals surface area contributed by atoms with Crippen molar-refractivity contribution >= 4 is 16.9 Å². The normalized spacial score (nSPS) is 12.9. The number of fused-ring (bicyclic) bond motifs is 1. The van der Waals surface area contributed by atoms with E-state index in [1.165, 1.54) is 0 Å². The maximum absolute atomic E-state index is 10.7. The third-order valence-corrected chi connectivity index (χ3v) is 2.21. The van der Waals surface area contributed by atoms with Crippen LogP contribution in [0.3, 0.4) is 0 Å². The van der Waals surface area contributed by atoms with Crippen LogP contribution in [0.5, 0.6) is 0 Å². The summed E-state index contributed by atoms with van der Waals surface area (Å²) in [4.78, 5) is 10.7. The molecule has 5 nitrogen and oxygen atoms in total. The van der Waals surface area contributed by atoms with Crippen molar-refractivity contribution in [3.63, 3.8) is 0 Å². The number of carboxylic acid groups (broad SMARTS) is 1. The number of hydrogen-bond acceptors (Lipinski definition) is 4. The molecule has 2 rings (SSSR count). The highest BCUT2D eigenvalue weighted by atomic mass is 16.5. The molecule has 0 amide bonds. The number of nitrogens with zero attached hydrogens (tertiary/aromatic N) is 1. The Hall–Kier alpha value is -1.88. The highest BCUT2D eigenvalue weighted by Gasteiger charge is 2.21. The van der Waals surface area contributed by atoms with Crippen LogP contribution < -0.4 is 5.73 Å². The number of aryl methyl sites for hydroxylation is 1. The van der Waals surface area contributed by atoms with Crippen molar-refractivity contribution in [3.05, 3.63) is 29.5 Å². The Bertz CT molecular complexity index is 518. The van der Waals surface area contributed by atoms with Gasteiger partial charge in [-0.2, -0.15) is 0 Å². The molecule has 78 valence electrons. The average molecular weight is 206 g/mol. The summed E-state index contributed by atoms with van der Waals surface area (Å²) in [5, 5.41) is 13.1. The Kier molecular flexibility index (Phi) is 2.17. The molecule has 0 aliphatic rings. The summed E-state index contributed by atoms with van der Waals surface area (Å²) in [6, 6.07) is 4.27. The minimum absolute atomic E-state index is 0.265. The lowest BCUT2D eigenvalue weighted by atomic mass is 10.1. The second-order valence-corrected chi connectivity index (χ2v) is 3.38. The van der Waals surface area contributed by atoms with E-state index in [0.29, 0.717) is 11.0 Å². The van der Waals surface area contributed by atoms with Crippen molar-refractivity contribution < 1.29 is 14.4 Å². The molecule has 0 fully saturated rings. The number of carboxylic acids is 1. The van der Waals surface area contributed by atoms with Crippen LogP contribution in [-0.4, -0.2) is 16.2 Å². The van der Waals surface area contributed by atoms with Crippen LogP contribution in [0.2, 0.25) is 0 Å². The SMILES string of the molecule is Cc1ccc2onc([C@H](N)C(=O)O)c2c1. The third-order valence-electron chi connectivity index (χ3n) is 2.21. The fourth-order valence-corrected chi connectivity index (χ4v) is 1.41. The molecule has 0 radical (unpaired) electrons. The first kappa shape index (κ1) is 9.67. The summed E-state index contributed by atoms with van der Waals surface area (Å²) < 4.78 is 4.98. The fraction of sp³-hybridized carbons (Fsp3) is 0.200. The highest BCUT2D eigenvalue weighted by Crippen LogP contribution is 2.23. The summed E-state index contributed by atoms with van der Waals surface area (Å²) in [6.07, 6.45) is 0. The van der Waals surface area contributed by atoms with Gasteiger partial charge in [-0.1, -0.05) is 16.8 Å². The molecule has 0 spiro atoms. The minimum Gasteiger partial charge on any atom is -0.480 e. The lowest BCUT2D eigenvalue weighted by molar-refractivity contribution is -0.138. The van der Waals surface area contributed by atoms with Gasteiger partial charge >= 0.3 is 5.97 Å². The van der Waals surface area contributed by atoms with Crippen LogP contribution in [0.4, 0.5) is 0 Å². The summed E-state index contributed by atoms with van der Waals surface area (Å²) in [6.45, 7) is 1.91. The molecule has 3 N–H and O–H groups in total. The molecule has 15 heavy (non-hydrogen) atoms. The van der Waals surface area contributed by atoms with Gasteiger partial charge in [0.2, 0.25) is 0 Å². The standard InChI is InChI=1S/C10H10N2O3/c1-5-2-3-7-6(4-5)9(12-15-7)8(11)10(13)14/h2-4,8H,11H2,1H3,(H,13,14)/t8-/m0/s1. The Balaban J connectivity index is 2.61. The highest BCUT2D eigenvalue weighted by molar-refractivity contribution is 5.86. The largest absolute Gasteiger partial charge is 0.480 e. The molecule has 5 heteroatoms. The zero-order valence-corrected chi connectivity index (χ0v) is 8.10. The van der Waals surface area contributed by atoms with E-state index in [2.05, 4.69) is 5.16 Å². The van der Waals surface area contributed by atoms with E-state index in [9.17, 15) is 4.79 Å². The van der Waals surface area contributed by atoms with E-state index in [0.717, 1.165) is 5.56 Å². The molecule has 0 bridgehead atoms. The second-order valence-electron chi connectivity index (χ2n) is 3.38. The van der Waals surface area contributed by atoms with E-state index < -0.39 is 12.0 Å². The average Bonchev–Trinajstić information content (AvgIpc) is 2.59. The van der Waals surface area contributed by atoms with Crippen LogP contribution in [0.1, 0.15) is 17.3 Å². The zero-order chi connectivity index (χ0) is 11.0. The lowest BCUT2D eigenvalue weighted by Gasteiger charge is -2.01. The first-order valence-corrected chi connectivity index (χ1v) is 4.44. The van der Waals surface area contributed by atoms with Crippen LogP contribution >= 0.6 is 0 Å². The van der Waals surface area contributed by atoms with Gasteiger partial charge in [0, 0.05) is 5.39 Å². The molecule has 1 atom stereocenters. The third kappa shape index (κ3) is 1.57. The van der Waals surface area contributed by atoms with Crippen molar-refractivity contribution in [1.29, 1.82) is 0 Å². The van der Waals surface area contributed by atoms with Crippen LogP contribution in [-0.2, 0) is 4.79 Å². The molecule has 0 unspecified atom stereocenters. The topological polar surface area (TPSA) is 89.4 Å². The zero-order valence-electron chi connectivity index (χ0n) is 8.10. The number of hydrogen-bond donors (Lipinski definition) is 2. The number of rotatable bonds is 2. The lowest BCUT2D eigenvalue weighted by Crippen LogP contribution is -2.21. The van der Waals surface area contributed by atoms with Crippen molar-refractivity contribution in [1.82, 2.24) is 5.16 Å². The van der Waals surface area contributed by atoms with Gasteiger partial charge in [0.1, 0.15) is 5.69 Å². The number of nitrogens with two attached hydrogens (primary N) is 1. The quantitative estimate of drug-likeness (QED) is 0.771. The summed E-state index contributed by atoms with van der Waals surface area (Å²) >= 11 is 0. The fourth-order valence-electron chi connectivity index (χ4n) is 1.41. The molecule has 1 aromatic heterocycles. The van der Waals surface area contributed by atoms with Gasteiger partial charge in [0.05, 0.1) is 0 Å². The molecule has 2 aromatic rings. The Morgan fingerprint density at radius 3 is 3.00 bits per heavy atom. The molecule has 0 saturated heterocycles. The minimum atomic E-state index is -1.15. The molecule has 0 aliphatic carbocycles. The van der Waals surface area contributed by atoms with E-state index in [-0.39, 0.29) is 5.69 Å². The van der Waals surface area contributed by atoms with E-state index >= 15 is 0 Å². The predicted molar refractivity (Wildman–Crippen MR) is 53.3 cm³/mol. The van der Waals surface area contributed by atoms with Crippen LogP contribution in [0, 0.1) is 6.92 Å². The number of carbonyl (C=O) groups is 1. The van der Waals surface area contributed by atoms with Crippen LogP contribution in [0.15, 0.2) is 22.7 Å².